The molecule has 0 aliphatic heterocycles. The molecule has 8 nitrogen and oxygen atoms in total. The number of non-ortho nitro benzene ring substituents is 1. The Morgan fingerprint density at radius 2 is 1.89 bits per heavy atom. The van der Waals surface area contributed by atoms with Crippen LogP contribution in [0.4, 0.5) is 5.69 Å². The summed E-state index contributed by atoms with van der Waals surface area (Å²) in [4.78, 5) is 27.1. The molecule has 2 aromatic carbocycles. The lowest BCUT2D eigenvalue weighted by molar-refractivity contribution is -0.384. The third kappa shape index (κ3) is 4.18. The predicted octanol–water partition coefficient (Wildman–Crippen LogP) is 2.75. The molecule has 0 N–H and O–H groups in total. The lowest BCUT2D eigenvalue weighted by atomic mass is 10.2. The number of hydrogen-bond acceptors (Lipinski definition) is 6. The van der Waals surface area contributed by atoms with Crippen LogP contribution < -0.4 is 4.80 Å². The highest BCUT2D eigenvalue weighted by Crippen LogP contribution is 2.22. The highest BCUT2D eigenvalue weighted by Gasteiger charge is 2.17. The van der Waals surface area contributed by atoms with E-state index in [4.69, 9.17) is 0 Å². The molecular weight excluding hydrogens is 402 g/mol. The van der Waals surface area contributed by atoms with Crippen LogP contribution in [0.1, 0.15) is 12.0 Å². The minimum Gasteiger partial charge on any atom is -0.319 e. The molecule has 3 rings (SSSR count). The van der Waals surface area contributed by atoms with Crippen molar-refractivity contribution >= 4 is 43.0 Å². The van der Waals surface area contributed by atoms with Gasteiger partial charge in [-0.15, -0.1) is 0 Å². The zero-order chi connectivity index (χ0) is 20.5. The smallest absolute Gasteiger partial charge is 0.271 e. The zero-order valence-corrected chi connectivity index (χ0v) is 16.8. The molecule has 0 saturated heterocycles. The molecule has 0 fully saturated rings. The van der Waals surface area contributed by atoms with Crippen LogP contribution in [-0.4, -0.2) is 29.6 Å². The Morgan fingerprint density at radius 1 is 1.21 bits per heavy atom. The van der Waals surface area contributed by atoms with E-state index in [0.717, 1.165) is 10.3 Å². The van der Waals surface area contributed by atoms with Crippen molar-refractivity contribution in [2.45, 2.75) is 18.2 Å². The van der Waals surface area contributed by atoms with Crippen LogP contribution in [0, 0.1) is 17.0 Å². The van der Waals surface area contributed by atoms with Crippen LogP contribution in [0.3, 0.4) is 0 Å². The number of carbonyl (C=O) groups excluding carboxylic acids is 1. The van der Waals surface area contributed by atoms with Gasteiger partial charge in [0.2, 0.25) is 5.91 Å². The fraction of sp³-hybridized carbons (Fsp3) is 0.222. The van der Waals surface area contributed by atoms with Crippen molar-refractivity contribution in [3.8, 4) is 0 Å². The molecule has 0 radical (unpaired) electrons. The Bertz CT molecular complexity index is 1240. The number of fused-ring (bicyclic) bond motifs is 1. The van der Waals surface area contributed by atoms with Gasteiger partial charge in [-0.05, 0) is 25.1 Å². The minimum absolute atomic E-state index is 0.0528. The van der Waals surface area contributed by atoms with Gasteiger partial charge in [0.1, 0.15) is 0 Å². The Hall–Kier alpha value is -2.85. The normalized spacial score (nSPS) is 12.4. The van der Waals surface area contributed by atoms with E-state index in [2.05, 4.69) is 4.99 Å². The summed E-state index contributed by atoms with van der Waals surface area (Å²) in [7, 11) is -1.92. The highest BCUT2D eigenvalue weighted by atomic mass is 32.2. The van der Waals surface area contributed by atoms with E-state index >= 15 is 0 Å². The van der Waals surface area contributed by atoms with E-state index in [-0.39, 0.29) is 22.8 Å². The molecule has 0 bridgehead atoms. The second-order valence-corrected chi connectivity index (χ2v) is 9.36. The molecule has 0 atom stereocenters. The summed E-state index contributed by atoms with van der Waals surface area (Å²) >= 11 is 1.21. The van der Waals surface area contributed by atoms with Crippen molar-refractivity contribution in [2.24, 2.45) is 12.0 Å². The number of sulfone groups is 1. The highest BCUT2D eigenvalue weighted by molar-refractivity contribution is 7.91. The first-order valence-electron chi connectivity index (χ1n) is 8.28. The van der Waals surface area contributed by atoms with Crippen LogP contribution in [0.15, 0.2) is 52.4 Å². The van der Waals surface area contributed by atoms with Crippen molar-refractivity contribution in [2.75, 3.05) is 5.75 Å². The first-order valence-corrected chi connectivity index (χ1v) is 10.8. The Morgan fingerprint density at radius 3 is 2.54 bits per heavy atom. The van der Waals surface area contributed by atoms with Gasteiger partial charge in [0.05, 0.1) is 25.8 Å². The number of aromatic nitrogens is 1. The van der Waals surface area contributed by atoms with Crippen LogP contribution in [0.25, 0.3) is 10.2 Å². The second kappa shape index (κ2) is 7.64. The molecule has 1 aromatic heterocycles. The third-order valence-electron chi connectivity index (χ3n) is 4.19. The number of aryl methyl sites for hydroxylation is 2. The standard InChI is InChI=1S/C18H17N3O5S2/c1-12-3-6-14(7-4-12)28(25,26)10-9-17(22)19-18-20(2)15-11-13(21(23)24)5-8-16(15)27-18/h3-8,11H,9-10H2,1-2H3. The lowest BCUT2D eigenvalue weighted by Gasteiger charge is -2.03. The first kappa shape index (κ1) is 19.9. The van der Waals surface area contributed by atoms with Crippen LogP contribution in [0.2, 0.25) is 0 Å². The molecule has 0 aliphatic rings. The van der Waals surface area contributed by atoms with Crippen molar-refractivity contribution in [1.82, 2.24) is 4.57 Å². The van der Waals surface area contributed by atoms with E-state index in [1.807, 2.05) is 6.92 Å². The molecule has 0 aliphatic carbocycles. The van der Waals surface area contributed by atoms with E-state index < -0.39 is 20.7 Å². The molecule has 10 heteroatoms. The number of amides is 1. The average Bonchev–Trinajstić information content (AvgIpc) is 2.95. The Kier molecular flexibility index (Phi) is 5.43. The summed E-state index contributed by atoms with van der Waals surface area (Å²) in [6.45, 7) is 1.86. The average molecular weight is 419 g/mol. The van der Waals surface area contributed by atoms with E-state index in [9.17, 15) is 23.3 Å². The first-order chi connectivity index (χ1) is 13.2. The van der Waals surface area contributed by atoms with Crippen LogP contribution >= 0.6 is 11.3 Å². The number of thiazole rings is 1. The predicted molar refractivity (Wildman–Crippen MR) is 106 cm³/mol. The van der Waals surface area contributed by atoms with Gasteiger partial charge in [0.25, 0.3) is 5.69 Å². The van der Waals surface area contributed by atoms with Gasteiger partial charge >= 0.3 is 0 Å². The third-order valence-corrected chi connectivity index (χ3v) is 7.03. The second-order valence-electron chi connectivity index (χ2n) is 6.24. The topological polar surface area (TPSA) is 112 Å². The van der Waals surface area contributed by atoms with Gasteiger partial charge in [-0.1, -0.05) is 29.0 Å². The number of hydrogen-bond donors (Lipinski definition) is 0. The fourth-order valence-electron chi connectivity index (χ4n) is 2.58. The maximum absolute atomic E-state index is 12.3. The maximum Gasteiger partial charge on any atom is 0.271 e. The summed E-state index contributed by atoms with van der Waals surface area (Å²) in [6.07, 6.45) is -0.245. The van der Waals surface area contributed by atoms with Gasteiger partial charge in [0, 0.05) is 25.6 Å². The zero-order valence-electron chi connectivity index (χ0n) is 15.2. The van der Waals surface area contributed by atoms with Crippen LogP contribution in [0.5, 0.6) is 0 Å². The van der Waals surface area contributed by atoms with E-state index in [1.165, 1.54) is 35.6 Å². The molecule has 0 saturated carbocycles. The Labute approximate surface area is 164 Å². The summed E-state index contributed by atoms with van der Waals surface area (Å²) in [5.41, 5.74) is 1.48. The van der Waals surface area contributed by atoms with Crippen molar-refractivity contribution in [1.29, 1.82) is 0 Å². The van der Waals surface area contributed by atoms with Gasteiger partial charge in [0.15, 0.2) is 14.6 Å². The molecule has 0 unspecified atom stereocenters. The maximum atomic E-state index is 12.3. The number of nitro groups is 1. The lowest BCUT2D eigenvalue weighted by Crippen LogP contribution is -2.16. The van der Waals surface area contributed by atoms with Crippen molar-refractivity contribution in [3.05, 3.63) is 62.9 Å². The van der Waals surface area contributed by atoms with Gasteiger partial charge < -0.3 is 4.57 Å². The monoisotopic (exact) mass is 419 g/mol. The molecule has 3 aromatic rings. The SMILES string of the molecule is Cc1ccc(S(=O)(=O)CCC(=O)N=c2sc3ccc([N+](=O)[O-])cc3n2C)cc1. The molecule has 146 valence electrons. The minimum atomic E-state index is -3.57. The largest absolute Gasteiger partial charge is 0.319 e. The molecule has 28 heavy (non-hydrogen) atoms. The Balaban J connectivity index is 1.82. The number of rotatable bonds is 5. The molecule has 1 amide bonds. The van der Waals surface area contributed by atoms with E-state index in [1.54, 1.807) is 29.8 Å². The van der Waals surface area contributed by atoms with E-state index in [0.29, 0.717) is 10.3 Å². The summed E-state index contributed by atoms with van der Waals surface area (Å²) in [6, 6.07) is 10.8. The summed E-state index contributed by atoms with van der Waals surface area (Å²) in [5, 5.41) is 10.9. The van der Waals surface area contributed by atoms with Gasteiger partial charge in [-0.25, -0.2) is 8.42 Å². The van der Waals surface area contributed by atoms with Gasteiger partial charge in [-0.2, -0.15) is 4.99 Å². The molecule has 1 heterocycles. The summed E-state index contributed by atoms with van der Waals surface area (Å²) < 4.78 is 27.0. The number of benzene rings is 2. The van der Waals surface area contributed by atoms with Crippen molar-refractivity contribution in [3.63, 3.8) is 0 Å². The van der Waals surface area contributed by atoms with Crippen molar-refractivity contribution < 1.29 is 18.1 Å². The number of nitro benzene ring substituents is 1. The fourth-order valence-corrected chi connectivity index (χ4v) is 4.83. The van der Waals surface area contributed by atoms with Crippen LogP contribution in [-0.2, 0) is 21.7 Å². The number of nitrogens with zero attached hydrogens (tertiary/aromatic N) is 3. The van der Waals surface area contributed by atoms with Gasteiger partial charge in [-0.3, -0.25) is 14.9 Å². The molecule has 0 spiro atoms. The molecular formula is C18H17N3O5S2. The number of carbonyl (C=O) groups is 1. The quantitative estimate of drug-likeness (QED) is 0.466. The summed E-state index contributed by atoms with van der Waals surface area (Å²) in [5.74, 6) is -0.897.